The Morgan fingerprint density at radius 2 is 2.14 bits per heavy atom. The smallest absolute Gasteiger partial charge is 0.255 e. The van der Waals surface area contributed by atoms with Gasteiger partial charge in [0, 0.05) is 13.1 Å². The average Bonchev–Trinajstić information content (AvgIpc) is 2.40. The van der Waals surface area contributed by atoms with Gasteiger partial charge in [-0.25, -0.2) is 4.39 Å². The highest BCUT2D eigenvalue weighted by atomic mass is 35.5. The molecule has 7 heteroatoms. The van der Waals surface area contributed by atoms with E-state index in [1.165, 1.54) is 11.0 Å². The molecule has 116 valence electrons. The van der Waals surface area contributed by atoms with Crippen LogP contribution in [0.25, 0.3) is 0 Å². The maximum absolute atomic E-state index is 13.6. The van der Waals surface area contributed by atoms with Gasteiger partial charge in [0.25, 0.3) is 5.91 Å². The molecular formula is C14H16Cl2FNO3. The number of aliphatic hydroxyl groups excluding tert-OH is 1. The lowest BCUT2D eigenvalue weighted by Gasteiger charge is -2.42. The van der Waals surface area contributed by atoms with Crippen LogP contribution in [-0.4, -0.2) is 47.3 Å². The minimum Gasteiger partial charge on any atom is -0.394 e. The molecule has 0 bridgehead atoms. The van der Waals surface area contributed by atoms with Gasteiger partial charge in [0.2, 0.25) is 0 Å². The number of nitrogens with zero attached hydrogens (tertiary/aromatic N) is 1. The van der Waals surface area contributed by atoms with Gasteiger partial charge in [-0.15, -0.1) is 0 Å². The summed E-state index contributed by atoms with van der Waals surface area (Å²) in [4.78, 5) is 14.0. The first-order valence-corrected chi connectivity index (χ1v) is 7.21. The number of carbonyl (C=O) groups is 1. The molecule has 1 aliphatic heterocycles. The number of halogens is 3. The summed E-state index contributed by atoms with van der Waals surface area (Å²) in [6, 6.07) is 2.24. The number of hydrogen-bond donors (Lipinski definition) is 1. The molecule has 0 aromatic heterocycles. The Balaban J connectivity index is 2.29. The van der Waals surface area contributed by atoms with Crippen LogP contribution >= 0.6 is 23.2 Å². The molecule has 0 spiro atoms. The van der Waals surface area contributed by atoms with Crippen molar-refractivity contribution in [2.24, 2.45) is 0 Å². The largest absolute Gasteiger partial charge is 0.394 e. The fourth-order valence-electron chi connectivity index (χ4n) is 2.40. The third kappa shape index (κ3) is 3.66. The van der Waals surface area contributed by atoms with Crippen LogP contribution in [0.4, 0.5) is 4.39 Å². The lowest BCUT2D eigenvalue weighted by Crippen LogP contribution is -2.55. The monoisotopic (exact) mass is 335 g/mol. The SMILES string of the molecule is CC1(C)CN(C(=O)c2cc(F)c(Cl)cc2Cl)CC(CO)O1. The van der Waals surface area contributed by atoms with Crippen LogP contribution in [0.1, 0.15) is 24.2 Å². The second kappa shape index (κ2) is 6.08. The molecule has 1 heterocycles. The summed E-state index contributed by atoms with van der Waals surface area (Å²) in [7, 11) is 0. The van der Waals surface area contributed by atoms with Crippen LogP contribution in [0.5, 0.6) is 0 Å². The van der Waals surface area contributed by atoms with E-state index in [0.717, 1.165) is 6.07 Å². The summed E-state index contributed by atoms with van der Waals surface area (Å²) in [5.74, 6) is -1.11. The minimum atomic E-state index is -0.698. The van der Waals surface area contributed by atoms with Gasteiger partial charge in [-0.2, -0.15) is 0 Å². The number of carbonyl (C=O) groups excluding carboxylic acids is 1. The Bertz CT molecular complexity index is 565. The van der Waals surface area contributed by atoms with Gasteiger partial charge in [-0.05, 0) is 26.0 Å². The fraction of sp³-hybridized carbons (Fsp3) is 0.500. The highest BCUT2D eigenvalue weighted by Gasteiger charge is 2.36. The maximum Gasteiger partial charge on any atom is 0.255 e. The normalized spacial score (nSPS) is 21.4. The first kappa shape index (κ1) is 16.5. The summed E-state index contributed by atoms with van der Waals surface area (Å²) in [6.45, 7) is 3.98. The first-order valence-electron chi connectivity index (χ1n) is 6.46. The zero-order chi connectivity index (χ0) is 15.8. The lowest BCUT2D eigenvalue weighted by molar-refractivity contribution is -0.139. The average molecular weight is 336 g/mol. The van der Waals surface area contributed by atoms with Crippen molar-refractivity contribution in [3.63, 3.8) is 0 Å². The number of rotatable bonds is 2. The molecule has 1 unspecified atom stereocenters. The Morgan fingerprint density at radius 1 is 1.48 bits per heavy atom. The van der Waals surface area contributed by atoms with Crippen molar-refractivity contribution in [1.29, 1.82) is 0 Å². The van der Waals surface area contributed by atoms with Crippen LogP contribution < -0.4 is 0 Å². The zero-order valence-corrected chi connectivity index (χ0v) is 13.2. The third-order valence-electron chi connectivity index (χ3n) is 3.21. The Morgan fingerprint density at radius 3 is 2.76 bits per heavy atom. The standard InChI is InChI=1S/C14H16Cl2FNO3/c1-14(2)7-18(5-8(6-19)21-14)13(20)9-3-12(17)11(16)4-10(9)15/h3-4,8,19H,5-7H2,1-2H3. The van der Waals surface area contributed by atoms with Gasteiger partial charge in [0.05, 0.1) is 33.9 Å². The summed E-state index contributed by atoms with van der Waals surface area (Å²) in [5.41, 5.74) is -0.549. The number of morpholine rings is 1. The Kier molecular flexibility index (Phi) is 4.78. The van der Waals surface area contributed by atoms with Gasteiger partial charge in [-0.3, -0.25) is 4.79 Å². The van der Waals surface area contributed by atoms with E-state index in [2.05, 4.69) is 0 Å². The Hall–Kier alpha value is -0.880. The van der Waals surface area contributed by atoms with Gasteiger partial charge in [0.1, 0.15) is 5.82 Å². The number of benzene rings is 1. The van der Waals surface area contributed by atoms with Crippen molar-refractivity contribution < 1.29 is 19.0 Å². The van der Waals surface area contributed by atoms with Crippen LogP contribution in [0.15, 0.2) is 12.1 Å². The molecular weight excluding hydrogens is 320 g/mol. The minimum absolute atomic E-state index is 0.0490. The van der Waals surface area contributed by atoms with Crippen LogP contribution in [-0.2, 0) is 4.74 Å². The number of amides is 1. The topological polar surface area (TPSA) is 49.8 Å². The second-order valence-corrected chi connectivity index (χ2v) is 6.43. The molecule has 1 aliphatic rings. The zero-order valence-electron chi connectivity index (χ0n) is 11.7. The van der Waals surface area contributed by atoms with E-state index in [1.807, 2.05) is 13.8 Å². The van der Waals surface area contributed by atoms with Gasteiger partial charge in [-0.1, -0.05) is 23.2 Å². The molecule has 1 aromatic rings. The molecule has 1 amide bonds. The number of aliphatic hydroxyl groups is 1. The van der Waals surface area contributed by atoms with Crippen LogP contribution in [0.3, 0.4) is 0 Å². The Labute approximate surface area is 132 Å². The lowest BCUT2D eigenvalue weighted by atomic mass is 10.0. The number of ether oxygens (including phenoxy) is 1. The van der Waals surface area contributed by atoms with E-state index in [4.69, 9.17) is 27.9 Å². The molecule has 1 N–H and O–H groups in total. The van der Waals surface area contributed by atoms with E-state index in [1.54, 1.807) is 0 Å². The third-order valence-corrected chi connectivity index (χ3v) is 3.81. The molecule has 2 rings (SSSR count). The summed E-state index contributed by atoms with van der Waals surface area (Å²) < 4.78 is 19.2. The summed E-state index contributed by atoms with van der Waals surface area (Å²) >= 11 is 11.6. The maximum atomic E-state index is 13.6. The molecule has 21 heavy (non-hydrogen) atoms. The van der Waals surface area contributed by atoms with E-state index in [-0.39, 0.29) is 28.8 Å². The van der Waals surface area contributed by atoms with Crippen molar-refractivity contribution in [3.05, 3.63) is 33.6 Å². The van der Waals surface area contributed by atoms with Crippen molar-refractivity contribution >= 4 is 29.1 Å². The molecule has 1 aromatic carbocycles. The molecule has 0 saturated carbocycles. The van der Waals surface area contributed by atoms with Gasteiger partial charge < -0.3 is 14.7 Å². The van der Waals surface area contributed by atoms with Crippen molar-refractivity contribution in [2.75, 3.05) is 19.7 Å². The predicted molar refractivity (Wildman–Crippen MR) is 78.4 cm³/mol. The van der Waals surface area contributed by atoms with Gasteiger partial charge in [0.15, 0.2) is 0 Å². The molecule has 0 radical (unpaired) electrons. The summed E-state index contributed by atoms with van der Waals surface area (Å²) in [6.07, 6.45) is -0.478. The fourth-order valence-corrected chi connectivity index (χ4v) is 2.87. The molecule has 0 aliphatic carbocycles. The highest BCUT2D eigenvalue weighted by Crippen LogP contribution is 2.28. The molecule has 1 atom stereocenters. The van der Waals surface area contributed by atoms with Gasteiger partial charge >= 0.3 is 0 Å². The number of hydrogen-bond acceptors (Lipinski definition) is 3. The molecule has 1 saturated heterocycles. The quantitative estimate of drug-likeness (QED) is 0.845. The van der Waals surface area contributed by atoms with E-state index in [0.29, 0.717) is 6.54 Å². The predicted octanol–water partition coefficient (Wildman–Crippen LogP) is 2.74. The summed E-state index contributed by atoms with van der Waals surface area (Å²) in [5, 5.41) is 9.22. The van der Waals surface area contributed by atoms with E-state index >= 15 is 0 Å². The van der Waals surface area contributed by atoms with Crippen molar-refractivity contribution in [2.45, 2.75) is 25.6 Å². The highest BCUT2D eigenvalue weighted by molar-refractivity contribution is 6.36. The molecule has 4 nitrogen and oxygen atoms in total. The van der Waals surface area contributed by atoms with Crippen LogP contribution in [0, 0.1) is 5.82 Å². The van der Waals surface area contributed by atoms with Crippen molar-refractivity contribution in [1.82, 2.24) is 4.90 Å². The van der Waals surface area contributed by atoms with E-state index < -0.39 is 23.4 Å². The van der Waals surface area contributed by atoms with Crippen LogP contribution in [0.2, 0.25) is 10.0 Å². The van der Waals surface area contributed by atoms with E-state index in [9.17, 15) is 14.3 Å². The molecule has 1 fully saturated rings. The van der Waals surface area contributed by atoms with Crippen molar-refractivity contribution in [3.8, 4) is 0 Å². The first-order chi connectivity index (χ1) is 9.73. The second-order valence-electron chi connectivity index (χ2n) is 5.61.